The molecule has 0 radical (unpaired) electrons. The van der Waals surface area contributed by atoms with Crippen LogP contribution >= 0.6 is 0 Å². The van der Waals surface area contributed by atoms with Crippen LogP contribution in [0.2, 0.25) is 0 Å². The second kappa shape index (κ2) is 5.18. The molecule has 8 nitrogen and oxygen atoms in total. The van der Waals surface area contributed by atoms with E-state index in [1.807, 2.05) is 0 Å². The second-order valence-electron chi connectivity index (χ2n) is 5.21. The van der Waals surface area contributed by atoms with Crippen molar-refractivity contribution in [2.75, 3.05) is 25.6 Å². The molecule has 2 fully saturated rings. The van der Waals surface area contributed by atoms with Gasteiger partial charge in [0.25, 0.3) is 0 Å². The van der Waals surface area contributed by atoms with E-state index < -0.39 is 32.5 Å². The van der Waals surface area contributed by atoms with E-state index in [2.05, 4.69) is 0 Å². The molecule has 2 aliphatic heterocycles. The highest BCUT2D eigenvalue weighted by molar-refractivity contribution is 7.88. The Morgan fingerprint density at radius 2 is 1.10 bits per heavy atom. The third kappa shape index (κ3) is 3.00. The summed E-state index contributed by atoms with van der Waals surface area (Å²) < 4.78 is 60.9. The highest BCUT2D eigenvalue weighted by Crippen LogP contribution is 2.30. The fraction of sp³-hybridized carbons (Fsp3) is 1.00. The third-order valence-corrected chi connectivity index (χ3v) is 6.06. The molecular weight excluding hydrogens is 308 g/mol. The molecule has 0 N–H and O–H groups in total. The van der Waals surface area contributed by atoms with Crippen molar-refractivity contribution >= 4 is 20.0 Å². The average Bonchev–Trinajstić information content (AvgIpc) is 2.26. The molecule has 0 aromatic heterocycles. The number of sulfonamides is 2. The molecule has 2 aliphatic rings. The Morgan fingerprint density at radius 3 is 1.35 bits per heavy atom. The van der Waals surface area contributed by atoms with Crippen LogP contribution in [-0.2, 0) is 29.5 Å². The molecule has 0 aromatic carbocycles. The van der Waals surface area contributed by atoms with E-state index in [0.29, 0.717) is 0 Å². The van der Waals surface area contributed by atoms with E-state index in [1.165, 1.54) is 0 Å². The van der Waals surface area contributed by atoms with Gasteiger partial charge >= 0.3 is 0 Å². The first kappa shape index (κ1) is 16.1. The monoisotopic (exact) mass is 328 g/mol. The molecule has 0 amide bonds. The Balaban J connectivity index is 2.38. The van der Waals surface area contributed by atoms with Crippen molar-refractivity contribution in [3.63, 3.8) is 0 Å². The zero-order valence-electron chi connectivity index (χ0n) is 11.9. The van der Waals surface area contributed by atoms with Crippen molar-refractivity contribution in [2.24, 2.45) is 0 Å². The first-order valence-electron chi connectivity index (χ1n) is 6.26. The van der Waals surface area contributed by atoms with E-state index in [-0.39, 0.29) is 25.3 Å². The molecule has 118 valence electrons. The van der Waals surface area contributed by atoms with Gasteiger partial charge < -0.3 is 9.47 Å². The fourth-order valence-corrected chi connectivity index (χ4v) is 4.27. The summed E-state index contributed by atoms with van der Waals surface area (Å²) in [6.45, 7) is 3.64. The van der Waals surface area contributed by atoms with Crippen LogP contribution in [0.5, 0.6) is 0 Å². The van der Waals surface area contributed by atoms with Crippen molar-refractivity contribution < 1.29 is 26.3 Å². The highest BCUT2D eigenvalue weighted by Gasteiger charge is 2.49. The summed E-state index contributed by atoms with van der Waals surface area (Å²) in [6.07, 6.45) is -0.377. The van der Waals surface area contributed by atoms with E-state index in [9.17, 15) is 16.8 Å². The SMILES string of the molecule is C[C@H]1O[C@@H]2[C@H](O[C@@H]1C)N(S(C)(=O)=O)CCN2S(C)(=O)=O. The summed E-state index contributed by atoms with van der Waals surface area (Å²) in [6, 6.07) is 0. The van der Waals surface area contributed by atoms with E-state index >= 15 is 0 Å². The zero-order valence-corrected chi connectivity index (χ0v) is 13.5. The lowest BCUT2D eigenvalue weighted by Crippen LogP contribution is -2.67. The maximum Gasteiger partial charge on any atom is 0.213 e. The molecule has 0 bridgehead atoms. The van der Waals surface area contributed by atoms with Gasteiger partial charge in [0.1, 0.15) is 0 Å². The summed E-state index contributed by atoms with van der Waals surface area (Å²) in [4.78, 5) is 0. The van der Waals surface area contributed by atoms with Gasteiger partial charge in [-0.15, -0.1) is 0 Å². The molecule has 20 heavy (non-hydrogen) atoms. The molecule has 0 spiro atoms. The summed E-state index contributed by atoms with van der Waals surface area (Å²) in [5.74, 6) is 0. The molecule has 0 aliphatic carbocycles. The first-order chi connectivity index (χ1) is 9.01. The first-order valence-corrected chi connectivity index (χ1v) is 9.96. The van der Waals surface area contributed by atoms with Crippen molar-refractivity contribution in [3.05, 3.63) is 0 Å². The van der Waals surface area contributed by atoms with Crippen LogP contribution in [0.15, 0.2) is 0 Å². The van der Waals surface area contributed by atoms with Gasteiger partial charge in [-0.25, -0.2) is 16.8 Å². The number of hydrogen-bond donors (Lipinski definition) is 0. The van der Waals surface area contributed by atoms with E-state index in [4.69, 9.17) is 9.47 Å². The lowest BCUT2D eigenvalue weighted by atomic mass is 10.2. The third-order valence-electron chi connectivity index (χ3n) is 3.57. The van der Waals surface area contributed by atoms with Crippen LogP contribution in [0.1, 0.15) is 13.8 Å². The largest absolute Gasteiger partial charge is 0.352 e. The van der Waals surface area contributed by atoms with Gasteiger partial charge in [0.15, 0.2) is 12.5 Å². The summed E-state index contributed by atoms with van der Waals surface area (Å²) in [5, 5.41) is 0. The van der Waals surface area contributed by atoms with Gasteiger partial charge in [0.2, 0.25) is 20.0 Å². The minimum Gasteiger partial charge on any atom is -0.352 e. The van der Waals surface area contributed by atoms with Gasteiger partial charge in [-0.1, -0.05) is 0 Å². The molecule has 0 unspecified atom stereocenters. The summed E-state index contributed by atoms with van der Waals surface area (Å²) >= 11 is 0. The molecule has 0 saturated carbocycles. The van der Waals surface area contributed by atoms with Crippen molar-refractivity contribution in [1.29, 1.82) is 0 Å². The van der Waals surface area contributed by atoms with E-state index in [0.717, 1.165) is 21.1 Å². The Morgan fingerprint density at radius 1 is 0.800 bits per heavy atom. The molecule has 0 aromatic rings. The fourth-order valence-electron chi connectivity index (χ4n) is 2.38. The smallest absolute Gasteiger partial charge is 0.213 e. The van der Waals surface area contributed by atoms with Crippen LogP contribution in [0.25, 0.3) is 0 Å². The number of piperazine rings is 1. The number of ether oxygens (including phenoxy) is 2. The number of rotatable bonds is 2. The summed E-state index contributed by atoms with van der Waals surface area (Å²) in [7, 11) is -7.00. The van der Waals surface area contributed by atoms with Crippen LogP contribution in [-0.4, -0.2) is 75.7 Å². The molecule has 2 rings (SSSR count). The predicted octanol–water partition coefficient (Wildman–Crippen LogP) is -1.00. The minimum atomic E-state index is -3.50. The molecular formula is C10H20N2O6S2. The Kier molecular flexibility index (Phi) is 4.17. The van der Waals surface area contributed by atoms with Gasteiger partial charge in [-0.3, -0.25) is 0 Å². The van der Waals surface area contributed by atoms with Gasteiger partial charge in [-0.2, -0.15) is 8.61 Å². The molecule has 2 saturated heterocycles. The minimum absolute atomic E-state index is 0.0531. The standard InChI is InChI=1S/C10H20N2O6S2/c1-7-8(2)18-10-9(17-7)11(19(3,13)14)5-6-12(10)20(4,15)16/h7-10H,5-6H2,1-4H3/t7-,8-,9-,10+/m1/s1. The Bertz CT molecular complexity index is 523. The van der Waals surface area contributed by atoms with Crippen LogP contribution < -0.4 is 0 Å². The Hall–Kier alpha value is -0.260. The molecule has 10 heteroatoms. The number of nitrogens with zero attached hydrogens (tertiary/aromatic N) is 2. The van der Waals surface area contributed by atoms with Crippen molar-refractivity contribution in [3.8, 4) is 0 Å². The second-order valence-corrected chi connectivity index (χ2v) is 9.08. The van der Waals surface area contributed by atoms with Crippen molar-refractivity contribution in [1.82, 2.24) is 8.61 Å². The number of fused-ring (bicyclic) bond motifs is 1. The van der Waals surface area contributed by atoms with Crippen molar-refractivity contribution in [2.45, 2.75) is 38.5 Å². The topological polar surface area (TPSA) is 93.2 Å². The lowest BCUT2D eigenvalue weighted by Gasteiger charge is -2.49. The number of hydrogen-bond acceptors (Lipinski definition) is 6. The zero-order chi connectivity index (χ0) is 15.3. The van der Waals surface area contributed by atoms with Crippen LogP contribution in [0.4, 0.5) is 0 Å². The average molecular weight is 328 g/mol. The maximum absolute atomic E-state index is 11.8. The van der Waals surface area contributed by atoms with E-state index in [1.54, 1.807) is 13.8 Å². The van der Waals surface area contributed by atoms with Crippen LogP contribution in [0.3, 0.4) is 0 Å². The predicted molar refractivity (Wildman–Crippen MR) is 71.8 cm³/mol. The highest BCUT2D eigenvalue weighted by atomic mass is 32.2. The summed E-state index contributed by atoms with van der Waals surface area (Å²) in [5.41, 5.74) is 0. The lowest BCUT2D eigenvalue weighted by molar-refractivity contribution is -0.275. The Labute approximate surface area is 119 Å². The molecule has 4 atom stereocenters. The van der Waals surface area contributed by atoms with Crippen LogP contribution in [0, 0.1) is 0 Å². The maximum atomic E-state index is 11.8. The normalized spacial score (nSPS) is 37.6. The van der Waals surface area contributed by atoms with Gasteiger partial charge in [0, 0.05) is 13.1 Å². The van der Waals surface area contributed by atoms with Gasteiger partial charge in [0.05, 0.1) is 24.7 Å². The van der Waals surface area contributed by atoms with Gasteiger partial charge in [-0.05, 0) is 13.8 Å². The quantitative estimate of drug-likeness (QED) is 0.645. The molecule has 2 heterocycles.